The third-order valence-electron chi connectivity index (χ3n) is 8.14. The molecule has 0 aliphatic rings. The number of halogens is 1. The minimum Gasteiger partial charge on any atom is -0.496 e. The Balaban J connectivity index is 1.28. The molecule has 0 fully saturated rings. The predicted octanol–water partition coefficient (Wildman–Crippen LogP) is 7.69. The average molecular weight is 767 g/mol. The molecule has 6 aromatic rings. The number of methoxy groups -OCH3 is 5. The first-order valence-electron chi connectivity index (χ1n) is 15.9. The van der Waals surface area contributed by atoms with Crippen LogP contribution >= 0.6 is 23.4 Å². The van der Waals surface area contributed by atoms with Crippen LogP contribution in [0.25, 0.3) is 33.3 Å². The molecule has 0 amide bonds. The van der Waals surface area contributed by atoms with Gasteiger partial charge in [-0.25, -0.2) is 17.4 Å². The van der Waals surface area contributed by atoms with Crippen LogP contribution in [0.15, 0.2) is 92.1 Å². The number of ether oxygens (including phenoxy) is 6. The molecule has 0 spiro atoms. The Hall–Kier alpha value is -5.05. The number of thioether (sulfide) groups is 1. The van der Waals surface area contributed by atoms with Gasteiger partial charge in [-0.2, -0.15) is 0 Å². The van der Waals surface area contributed by atoms with E-state index in [0.717, 1.165) is 0 Å². The van der Waals surface area contributed by atoms with E-state index in [1.165, 1.54) is 63.4 Å². The zero-order valence-electron chi connectivity index (χ0n) is 28.9. The van der Waals surface area contributed by atoms with Gasteiger partial charge in [0.05, 0.1) is 58.2 Å². The van der Waals surface area contributed by atoms with Crippen molar-refractivity contribution in [1.82, 2.24) is 8.96 Å². The Bertz CT molecular complexity index is 2400. The van der Waals surface area contributed by atoms with Crippen LogP contribution in [0.3, 0.4) is 0 Å². The Morgan fingerprint density at radius 1 is 0.808 bits per heavy atom. The van der Waals surface area contributed by atoms with Gasteiger partial charge in [-0.1, -0.05) is 47.6 Å². The summed E-state index contributed by atoms with van der Waals surface area (Å²) in [5.41, 5.74) is 1.21. The molecular formula is C37H35ClN2O10S2. The van der Waals surface area contributed by atoms with Crippen molar-refractivity contribution in [2.45, 2.75) is 22.9 Å². The zero-order chi connectivity index (χ0) is 37.0. The average Bonchev–Trinajstić information content (AvgIpc) is 3.54. The van der Waals surface area contributed by atoms with E-state index in [1.54, 1.807) is 60.7 Å². The summed E-state index contributed by atoms with van der Waals surface area (Å²) >= 11 is 7.61. The first-order chi connectivity index (χ1) is 25.2. The molecule has 4 aromatic carbocycles. The molecule has 2 heterocycles. The van der Waals surface area contributed by atoms with Gasteiger partial charge in [-0.15, -0.1) is 0 Å². The fourth-order valence-corrected chi connectivity index (χ4v) is 8.87. The summed E-state index contributed by atoms with van der Waals surface area (Å²) in [6.07, 6.45) is 1.11. The smallest absolute Gasteiger partial charge is 0.271 e. The fourth-order valence-electron chi connectivity index (χ4n) is 5.65. The van der Waals surface area contributed by atoms with Gasteiger partial charge in [0.15, 0.2) is 22.4 Å². The highest BCUT2D eigenvalue weighted by Gasteiger charge is 2.27. The number of aromatic nitrogens is 2. The molecule has 0 aliphatic heterocycles. The Labute approximate surface area is 309 Å². The molecule has 0 atom stereocenters. The van der Waals surface area contributed by atoms with Crippen molar-refractivity contribution >= 4 is 55.4 Å². The number of para-hydroxylation sites is 2. The van der Waals surface area contributed by atoms with E-state index in [1.807, 2.05) is 0 Å². The van der Waals surface area contributed by atoms with E-state index in [9.17, 15) is 13.2 Å². The molecular weight excluding hydrogens is 732 g/mol. The van der Waals surface area contributed by atoms with Crippen molar-refractivity contribution in [2.24, 2.45) is 0 Å². The van der Waals surface area contributed by atoms with Gasteiger partial charge in [0, 0.05) is 23.4 Å². The Morgan fingerprint density at radius 3 is 2.17 bits per heavy atom. The Morgan fingerprint density at radius 2 is 1.50 bits per heavy atom. The summed E-state index contributed by atoms with van der Waals surface area (Å²) in [4.78, 5) is 18.7. The lowest BCUT2D eigenvalue weighted by Crippen LogP contribution is -2.15. The molecule has 12 nitrogen and oxygen atoms in total. The molecule has 0 aliphatic carbocycles. The lowest BCUT2D eigenvalue weighted by Gasteiger charge is -2.17. The van der Waals surface area contributed by atoms with Crippen LogP contribution in [0.5, 0.6) is 34.5 Å². The minimum absolute atomic E-state index is 0.0118. The molecule has 6 rings (SSSR count). The molecule has 15 heteroatoms. The molecule has 272 valence electrons. The summed E-state index contributed by atoms with van der Waals surface area (Å²) < 4.78 is 69.0. The monoisotopic (exact) mass is 766 g/mol. The highest BCUT2D eigenvalue weighted by atomic mass is 35.5. The van der Waals surface area contributed by atoms with E-state index < -0.39 is 15.5 Å². The normalized spacial score (nSPS) is 11.5. The molecule has 0 unspecified atom stereocenters. The molecule has 0 radical (unpaired) electrons. The van der Waals surface area contributed by atoms with Gasteiger partial charge < -0.3 is 32.8 Å². The van der Waals surface area contributed by atoms with Crippen LogP contribution in [-0.2, 0) is 10.0 Å². The zero-order valence-corrected chi connectivity index (χ0v) is 31.3. The van der Waals surface area contributed by atoms with E-state index in [-0.39, 0.29) is 44.8 Å². The standard InChI is InChI=1S/C37H35ClN2O10S2/c1-44-23-20-27(45-2)32-28(21-23)50-34(22-18-29(46-3)35(48-5)30(19-22)47-4)36(33(32)41)49-16-10-11-17-51-37-39-25-13-7-8-14-26(25)40(37)52(42,43)31-15-9-6-12-24(31)38/h6-9,12-15,18-21H,10-11,16-17H2,1-5H3. The fraction of sp³-hybridized carbons (Fsp3) is 0.243. The third-order valence-corrected chi connectivity index (χ3v) is 11.5. The Kier molecular flexibility index (Phi) is 11.1. The summed E-state index contributed by atoms with van der Waals surface area (Å²) in [5, 5.41) is 0.613. The molecule has 0 saturated carbocycles. The van der Waals surface area contributed by atoms with Gasteiger partial charge >= 0.3 is 0 Å². The van der Waals surface area contributed by atoms with E-state index in [4.69, 9.17) is 44.4 Å². The van der Waals surface area contributed by atoms with E-state index in [0.29, 0.717) is 63.3 Å². The summed E-state index contributed by atoms with van der Waals surface area (Å²) in [5.74, 6) is 2.38. The second-order valence-electron chi connectivity index (χ2n) is 11.2. The SMILES string of the molecule is COc1cc(OC)c2c(=O)c(OCCCCSc3nc4ccccc4n3S(=O)(=O)c3ccccc3Cl)c(-c3cc(OC)c(OC)c(OC)c3)oc2c1. The van der Waals surface area contributed by atoms with Crippen molar-refractivity contribution < 1.29 is 41.3 Å². The second kappa shape index (κ2) is 15.7. The highest BCUT2D eigenvalue weighted by molar-refractivity contribution is 8.00. The van der Waals surface area contributed by atoms with Gasteiger partial charge in [0.2, 0.25) is 16.9 Å². The third kappa shape index (κ3) is 6.93. The van der Waals surface area contributed by atoms with Crippen molar-refractivity contribution in [3.05, 3.63) is 88.0 Å². The topological polar surface area (TPSA) is 138 Å². The number of fused-ring (bicyclic) bond motifs is 2. The number of benzene rings is 4. The van der Waals surface area contributed by atoms with Gasteiger partial charge in [-0.05, 0) is 49.2 Å². The van der Waals surface area contributed by atoms with Crippen molar-refractivity contribution in [3.8, 4) is 45.8 Å². The quantitative estimate of drug-likeness (QED) is 0.0748. The molecule has 52 heavy (non-hydrogen) atoms. The predicted molar refractivity (Wildman–Crippen MR) is 200 cm³/mol. The molecule has 0 bridgehead atoms. The largest absolute Gasteiger partial charge is 0.496 e. The number of rotatable bonds is 15. The summed E-state index contributed by atoms with van der Waals surface area (Å²) in [7, 11) is 3.37. The molecule has 2 aromatic heterocycles. The van der Waals surface area contributed by atoms with Gasteiger partial charge in [0.25, 0.3) is 10.0 Å². The van der Waals surface area contributed by atoms with E-state index >= 15 is 0 Å². The maximum atomic E-state index is 14.1. The second-order valence-corrected chi connectivity index (χ2v) is 14.4. The highest BCUT2D eigenvalue weighted by Crippen LogP contribution is 2.44. The van der Waals surface area contributed by atoms with Crippen LogP contribution in [0.1, 0.15) is 12.8 Å². The summed E-state index contributed by atoms with van der Waals surface area (Å²) in [6.45, 7) is 0.140. The number of nitrogens with zero attached hydrogens (tertiary/aromatic N) is 2. The number of imidazole rings is 1. The number of hydrogen-bond acceptors (Lipinski definition) is 12. The van der Waals surface area contributed by atoms with Gasteiger partial charge in [0.1, 0.15) is 27.4 Å². The van der Waals surface area contributed by atoms with Crippen LogP contribution in [-0.4, -0.2) is 65.3 Å². The molecule has 0 saturated heterocycles. The number of hydrogen-bond donors (Lipinski definition) is 0. The van der Waals surface area contributed by atoms with Crippen LogP contribution in [0, 0.1) is 0 Å². The van der Waals surface area contributed by atoms with Crippen LogP contribution in [0.4, 0.5) is 0 Å². The molecule has 0 N–H and O–H groups in total. The lowest BCUT2D eigenvalue weighted by atomic mass is 10.1. The maximum absolute atomic E-state index is 14.1. The van der Waals surface area contributed by atoms with Crippen LogP contribution < -0.4 is 33.8 Å². The van der Waals surface area contributed by atoms with Crippen molar-refractivity contribution in [3.63, 3.8) is 0 Å². The number of unbranched alkanes of at least 4 members (excludes halogenated alkanes) is 1. The van der Waals surface area contributed by atoms with Gasteiger partial charge in [-0.3, -0.25) is 4.79 Å². The van der Waals surface area contributed by atoms with Crippen LogP contribution in [0.2, 0.25) is 5.02 Å². The lowest BCUT2D eigenvalue weighted by molar-refractivity contribution is 0.301. The first-order valence-corrected chi connectivity index (χ1v) is 18.7. The maximum Gasteiger partial charge on any atom is 0.271 e. The summed E-state index contributed by atoms with van der Waals surface area (Å²) in [6, 6.07) is 19.9. The first kappa shape index (κ1) is 36.7. The van der Waals surface area contributed by atoms with E-state index in [2.05, 4.69) is 4.98 Å². The minimum atomic E-state index is -4.06. The van der Waals surface area contributed by atoms with Crippen molar-refractivity contribution in [1.29, 1.82) is 0 Å². The van der Waals surface area contributed by atoms with Crippen molar-refractivity contribution in [2.75, 3.05) is 47.9 Å².